The van der Waals surface area contributed by atoms with Crippen LogP contribution < -0.4 is 0 Å². The van der Waals surface area contributed by atoms with Crippen molar-refractivity contribution in [3.8, 4) is 50.6 Å². The maximum absolute atomic E-state index is 6.53. The molecule has 0 aliphatic rings. The maximum atomic E-state index is 6.53. The van der Waals surface area contributed by atoms with E-state index in [1.54, 1.807) is 0 Å². The Kier molecular flexibility index (Phi) is 7.24. The zero-order valence-corrected chi connectivity index (χ0v) is 32.7. The van der Waals surface area contributed by atoms with Crippen LogP contribution in [0.4, 0.5) is 0 Å². The van der Waals surface area contributed by atoms with E-state index in [1.807, 2.05) is 36.4 Å². The molecular formula is C56H33N3O2. The molecule has 0 amide bonds. The molecule has 4 heterocycles. The highest BCUT2D eigenvalue weighted by Crippen LogP contribution is 2.41. The van der Waals surface area contributed by atoms with Crippen LogP contribution in [0.5, 0.6) is 0 Å². The van der Waals surface area contributed by atoms with Crippen LogP contribution in [0.25, 0.3) is 127 Å². The molecule has 0 aliphatic heterocycles. The van der Waals surface area contributed by atoms with Crippen LogP contribution in [-0.2, 0) is 0 Å². The lowest BCUT2D eigenvalue weighted by atomic mass is 9.98. The van der Waals surface area contributed by atoms with Crippen molar-refractivity contribution in [2.75, 3.05) is 0 Å². The lowest BCUT2D eigenvalue weighted by Crippen LogP contribution is -1.95. The van der Waals surface area contributed by atoms with Gasteiger partial charge in [-0.05, 0) is 77.4 Å². The van der Waals surface area contributed by atoms with Gasteiger partial charge in [-0.25, -0.2) is 9.97 Å². The molecule has 0 spiro atoms. The number of para-hydroxylation sites is 5. The predicted octanol–water partition coefficient (Wildman–Crippen LogP) is 15.2. The number of hydrogen-bond donors (Lipinski definition) is 0. The molecular weight excluding hydrogens is 747 g/mol. The summed E-state index contributed by atoms with van der Waals surface area (Å²) in [5.41, 5.74) is 15.0. The zero-order chi connectivity index (χ0) is 40.0. The molecule has 13 rings (SSSR count). The summed E-state index contributed by atoms with van der Waals surface area (Å²) < 4.78 is 15.3. The molecule has 13 aromatic rings. The molecule has 9 aromatic carbocycles. The van der Waals surface area contributed by atoms with E-state index in [0.29, 0.717) is 5.82 Å². The van der Waals surface area contributed by atoms with Crippen LogP contribution in [0.1, 0.15) is 0 Å². The molecule has 0 fully saturated rings. The highest BCUT2D eigenvalue weighted by molar-refractivity contribution is 6.15. The normalized spacial score (nSPS) is 11.9. The van der Waals surface area contributed by atoms with Crippen LogP contribution in [0.2, 0.25) is 0 Å². The average molecular weight is 780 g/mol. The van der Waals surface area contributed by atoms with Gasteiger partial charge >= 0.3 is 0 Å². The lowest BCUT2D eigenvalue weighted by Gasteiger charge is -2.11. The van der Waals surface area contributed by atoms with E-state index < -0.39 is 0 Å². The first-order valence-corrected chi connectivity index (χ1v) is 20.6. The molecule has 0 bridgehead atoms. The highest BCUT2D eigenvalue weighted by Gasteiger charge is 2.20. The first-order valence-electron chi connectivity index (χ1n) is 20.6. The standard InChI is InChI=1S/C56H33N3O2/c1-2-12-38(13-3-1)59-48-21-8-5-14-40(48)45-32-36(28-30-49(45)59)37-29-31-51-46(33-37)53-44(19-11-23-52(53)60-51)56-57-47-20-7-4-16-43(47)54(58-56)35-26-24-34(25-27-35)39-17-10-18-42-41-15-6-9-22-50(41)61-55(39)42/h1-33H. The number of benzene rings is 9. The zero-order valence-electron chi connectivity index (χ0n) is 32.7. The van der Waals surface area contributed by atoms with Gasteiger partial charge in [0, 0.05) is 60.1 Å². The Labute approximate surface area is 349 Å². The quantitative estimate of drug-likeness (QED) is 0.175. The number of nitrogens with zero attached hydrogens (tertiary/aromatic N) is 3. The Hall–Kier alpha value is -8.28. The number of hydrogen-bond acceptors (Lipinski definition) is 4. The molecule has 5 heteroatoms. The summed E-state index contributed by atoms with van der Waals surface area (Å²) >= 11 is 0. The third-order valence-electron chi connectivity index (χ3n) is 12.2. The van der Waals surface area contributed by atoms with Crippen molar-refractivity contribution in [1.82, 2.24) is 14.5 Å². The van der Waals surface area contributed by atoms with Gasteiger partial charge in [0.05, 0.1) is 22.2 Å². The summed E-state index contributed by atoms with van der Waals surface area (Å²) in [5.74, 6) is 0.652. The van der Waals surface area contributed by atoms with Crippen LogP contribution in [0.15, 0.2) is 209 Å². The van der Waals surface area contributed by atoms with Crippen molar-refractivity contribution in [1.29, 1.82) is 0 Å². The van der Waals surface area contributed by atoms with E-state index in [4.69, 9.17) is 18.8 Å². The van der Waals surface area contributed by atoms with Crippen LogP contribution in [0.3, 0.4) is 0 Å². The van der Waals surface area contributed by atoms with E-state index in [-0.39, 0.29) is 0 Å². The van der Waals surface area contributed by atoms with Crippen molar-refractivity contribution < 1.29 is 8.83 Å². The van der Waals surface area contributed by atoms with E-state index >= 15 is 0 Å². The second-order valence-electron chi connectivity index (χ2n) is 15.7. The largest absolute Gasteiger partial charge is 0.456 e. The van der Waals surface area contributed by atoms with E-state index in [9.17, 15) is 0 Å². The third kappa shape index (κ3) is 5.21. The number of fused-ring (bicyclic) bond motifs is 10. The first-order chi connectivity index (χ1) is 30.2. The maximum Gasteiger partial charge on any atom is 0.161 e. The molecule has 0 unspecified atom stereocenters. The summed E-state index contributed by atoms with van der Waals surface area (Å²) in [6, 6.07) is 70.2. The monoisotopic (exact) mass is 779 g/mol. The Morgan fingerprint density at radius 2 is 0.984 bits per heavy atom. The van der Waals surface area contributed by atoms with Gasteiger partial charge in [-0.3, -0.25) is 0 Å². The molecule has 61 heavy (non-hydrogen) atoms. The number of rotatable bonds is 5. The third-order valence-corrected chi connectivity index (χ3v) is 12.2. The Balaban J connectivity index is 0.938. The van der Waals surface area contributed by atoms with Gasteiger partial charge in [-0.1, -0.05) is 140 Å². The van der Waals surface area contributed by atoms with Gasteiger partial charge in [-0.2, -0.15) is 0 Å². The van der Waals surface area contributed by atoms with E-state index in [0.717, 1.165) is 99.5 Å². The number of furan rings is 2. The van der Waals surface area contributed by atoms with Crippen molar-refractivity contribution in [2.24, 2.45) is 0 Å². The van der Waals surface area contributed by atoms with Crippen molar-refractivity contribution in [2.45, 2.75) is 0 Å². The summed E-state index contributed by atoms with van der Waals surface area (Å²) in [6.07, 6.45) is 0. The van der Waals surface area contributed by atoms with Gasteiger partial charge in [0.1, 0.15) is 22.3 Å². The summed E-state index contributed by atoms with van der Waals surface area (Å²) in [5, 5.41) is 7.69. The smallest absolute Gasteiger partial charge is 0.161 e. The molecule has 0 atom stereocenters. The predicted molar refractivity (Wildman–Crippen MR) is 250 cm³/mol. The second kappa shape index (κ2) is 13.1. The molecule has 0 radical (unpaired) electrons. The lowest BCUT2D eigenvalue weighted by molar-refractivity contribution is 0.669. The molecule has 0 saturated heterocycles. The van der Waals surface area contributed by atoms with Crippen LogP contribution in [-0.4, -0.2) is 14.5 Å². The molecule has 284 valence electrons. The Morgan fingerprint density at radius 3 is 1.87 bits per heavy atom. The SMILES string of the molecule is c1ccc(-n2c3ccccc3c3cc(-c4ccc5oc6cccc(-c7nc(-c8ccc(-c9cccc%10c9oc9ccccc9%10)cc8)c8ccccc8n7)c6c5c4)ccc32)cc1. The Bertz CT molecular complexity index is 3870. The van der Waals surface area contributed by atoms with Crippen molar-refractivity contribution in [3.63, 3.8) is 0 Å². The summed E-state index contributed by atoms with van der Waals surface area (Å²) in [6.45, 7) is 0. The van der Waals surface area contributed by atoms with Gasteiger partial charge in [0.2, 0.25) is 0 Å². The Morgan fingerprint density at radius 1 is 0.361 bits per heavy atom. The van der Waals surface area contributed by atoms with Gasteiger partial charge < -0.3 is 13.4 Å². The molecule has 5 nitrogen and oxygen atoms in total. The van der Waals surface area contributed by atoms with E-state index in [2.05, 4.69) is 168 Å². The van der Waals surface area contributed by atoms with Gasteiger partial charge in [0.15, 0.2) is 5.82 Å². The van der Waals surface area contributed by atoms with Crippen molar-refractivity contribution in [3.05, 3.63) is 200 Å². The average Bonchev–Trinajstić information content (AvgIpc) is 4.01. The van der Waals surface area contributed by atoms with Crippen LogP contribution in [0, 0.1) is 0 Å². The van der Waals surface area contributed by atoms with Gasteiger partial charge in [-0.15, -0.1) is 0 Å². The minimum atomic E-state index is 0.652. The highest BCUT2D eigenvalue weighted by atomic mass is 16.3. The van der Waals surface area contributed by atoms with Gasteiger partial charge in [0.25, 0.3) is 0 Å². The van der Waals surface area contributed by atoms with E-state index in [1.165, 1.54) is 21.8 Å². The fourth-order valence-corrected chi connectivity index (χ4v) is 9.40. The summed E-state index contributed by atoms with van der Waals surface area (Å²) in [7, 11) is 0. The second-order valence-corrected chi connectivity index (χ2v) is 15.7. The first kappa shape index (κ1) is 33.7. The minimum absolute atomic E-state index is 0.652. The minimum Gasteiger partial charge on any atom is -0.456 e. The fraction of sp³-hybridized carbons (Fsp3) is 0. The topological polar surface area (TPSA) is 57.0 Å². The van der Waals surface area contributed by atoms with Crippen molar-refractivity contribution >= 4 is 76.6 Å². The van der Waals surface area contributed by atoms with Crippen LogP contribution >= 0.6 is 0 Å². The molecule has 0 saturated carbocycles. The number of aromatic nitrogens is 3. The summed E-state index contributed by atoms with van der Waals surface area (Å²) in [4.78, 5) is 10.5. The fourth-order valence-electron chi connectivity index (χ4n) is 9.40. The molecule has 0 aliphatic carbocycles. The molecule has 0 N–H and O–H groups in total. The molecule has 4 aromatic heterocycles.